The largest absolute Gasteiger partial charge is 0.452 e. The summed E-state index contributed by atoms with van der Waals surface area (Å²) in [5.74, 6) is -2.37. The van der Waals surface area contributed by atoms with Crippen LogP contribution in [0.25, 0.3) is 0 Å². The maximum Gasteiger partial charge on any atom is 0.354 e. The van der Waals surface area contributed by atoms with Crippen LogP contribution in [0.4, 0.5) is 10.5 Å². The van der Waals surface area contributed by atoms with Crippen LogP contribution in [0.2, 0.25) is 0 Å². The van der Waals surface area contributed by atoms with Gasteiger partial charge in [0, 0.05) is 25.9 Å². The van der Waals surface area contributed by atoms with E-state index in [1.807, 2.05) is 12.2 Å². The van der Waals surface area contributed by atoms with E-state index in [1.165, 1.54) is 9.80 Å². The van der Waals surface area contributed by atoms with Crippen LogP contribution >= 0.6 is 0 Å². The normalized spacial score (nSPS) is 19.8. The fourth-order valence-electron chi connectivity index (χ4n) is 3.89. The number of hydrogen-bond donors (Lipinski definition) is 2. The molecule has 0 unspecified atom stereocenters. The van der Waals surface area contributed by atoms with Crippen molar-refractivity contribution in [1.29, 1.82) is 0 Å². The molecule has 30 heavy (non-hydrogen) atoms. The minimum absolute atomic E-state index is 0.0576. The van der Waals surface area contributed by atoms with Crippen molar-refractivity contribution >= 4 is 35.4 Å². The second kappa shape index (κ2) is 8.52. The van der Waals surface area contributed by atoms with E-state index in [9.17, 15) is 24.0 Å². The summed E-state index contributed by atoms with van der Waals surface area (Å²) in [4.78, 5) is 65.2. The van der Waals surface area contributed by atoms with E-state index < -0.39 is 30.2 Å². The lowest BCUT2D eigenvalue weighted by atomic mass is 9.96. The van der Waals surface area contributed by atoms with Gasteiger partial charge in [0.25, 0.3) is 11.8 Å². The molecule has 0 aromatic heterocycles. The Morgan fingerprint density at radius 1 is 1.17 bits per heavy atom. The number of carbonyl (C=O) groups excluding carboxylic acids is 5. The van der Waals surface area contributed by atoms with Gasteiger partial charge in [-0.25, -0.2) is 9.59 Å². The van der Waals surface area contributed by atoms with Crippen LogP contribution in [0, 0.1) is 0 Å². The Kier molecular flexibility index (Phi) is 6.04. The molecule has 2 aliphatic rings. The molecule has 10 heteroatoms. The fourth-order valence-corrected chi connectivity index (χ4v) is 3.89. The van der Waals surface area contributed by atoms with Gasteiger partial charge < -0.3 is 15.0 Å². The summed E-state index contributed by atoms with van der Waals surface area (Å²) >= 11 is 0. The van der Waals surface area contributed by atoms with E-state index in [2.05, 4.69) is 5.32 Å². The highest BCUT2D eigenvalue weighted by Gasteiger charge is 2.61. The number of carbonyl (C=O) groups is 5. The first-order chi connectivity index (χ1) is 14.4. The zero-order valence-electron chi connectivity index (χ0n) is 16.9. The Hall–Kier alpha value is -3.43. The van der Waals surface area contributed by atoms with Crippen molar-refractivity contribution in [3.63, 3.8) is 0 Å². The van der Waals surface area contributed by atoms with Crippen molar-refractivity contribution in [2.75, 3.05) is 24.6 Å². The first-order valence-corrected chi connectivity index (χ1v) is 9.85. The Morgan fingerprint density at radius 3 is 2.60 bits per heavy atom. The zero-order chi connectivity index (χ0) is 21.9. The monoisotopic (exact) mass is 416 g/mol. The van der Waals surface area contributed by atoms with Crippen LogP contribution in [-0.2, 0) is 19.1 Å². The number of anilines is 1. The molecule has 2 N–H and O–H groups in total. The van der Waals surface area contributed by atoms with Crippen LogP contribution in [0.5, 0.6) is 0 Å². The molecular weight excluding hydrogens is 392 g/mol. The number of nitrogens with zero attached hydrogens (tertiary/aromatic N) is 2. The molecule has 0 aliphatic carbocycles. The van der Waals surface area contributed by atoms with Crippen LogP contribution in [0.3, 0.4) is 0 Å². The SMILES string of the molecule is CCCN1C(=O)c2ccccc2N2C(=O)CC[C@@]12C(=O)OCC(=O)NC(=O)NCC. The molecule has 0 saturated carbocycles. The topological polar surface area (TPSA) is 125 Å². The van der Waals surface area contributed by atoms with Gasteiger partial charge in [-0.2, -0.15) is 0 Å². The van der Waals surface area contributed by atoms with E-state index in [-0.39, 0.29) is 31.2 Å². The lowest BCUT2D eigenvalue weighted by molar-refractivity contribution is -0.160. The summed E-state index contributed by atoms with van der Waals surface area (Å²) < 4.78 is 5.20. The van der Waals surface area contributed by atoms with Crippen LogP contribution in [0.1, 0.15) is 43.5 Å². The number of para-hydroxylation sites is 1. The average molecular weight is 416 g/mol. The van der Waals surface area contributed by atoms with Gasteiger partial charge in [0.15, 0.2) is 6.61 Å². The molecule has 2 aliphatic heterocycles. The predicted octanol–water partition coefficient (Wildman–Crippen LogP) is 0.764. The van der Waals surface area contributed by atoms with E-state index >= 15 is 0 Å². The maximum atomic E-state index is 13.2. The van der Waals surface area contributed by atoms with Gasteiger partial charge in [0.1, 0.15) is 0 Å². The molecule has 0 bridgehead atoms. The summed E-state index contributed by atoms with van der Waals surface area (Å²) in [5.41, 5.74) is -0.968. The van der Waals surface area contributed by atoms with Gasteiger partial charge in [-0.3, -0.25) is 24.6 Å². The lowest BCUT2D eigenvalue weighted by Crippen LogP contribution is -2.68. The molecular formula is C20H24N4O6. The fraction of sp³-hybridized carbons (Fsp3) is 0.450. The van der Waals surface area contributed by atoms with E-state index in [1.54, 1.807) is 31.2 Å². The zero-order valence-corrected chi connectivity index (χ0v) is 16.9. The Labute approximate surface area is 173 Å². The Bertz CT molecular complexity index is 901. The van der Waals surface area contributed by atoms with E-state index in [0.717, 1.165) is 0 Å². The number of urea groups is 1. The number of hydrogen-bond acceptors (Lipinski definition) is 6. The summed E-state index contributed by atoms with van der Waals surface area (Å²) in [6, 6.07) is 5.90. The first kappa shape index (κ1) is 21.3. The quantitative estimate of drug-likeness (QED) is 0.660. The Balaban J connectivity index is 1.90. The van der Waals surface area contributed by atoms with Gasteiger partial charge >= 0.3 is 12.0 Å². The smallest absolute Gasteiger partial charge is 0.354 e. The minimum Gasteiger partial charge on any atom is -0.452 e. The number of esters is 1. The second-order valence-electron chi connectivity index (χ2n) is 7.00. The predicted molar refractivity (Wildman–Crippen MR) is 105 cm³/mol. The molecule has 2 heterocycles. The molecule has 0 radical (unpaired) electrons. The van der Waals surface area contributed by atoms with Crippen molar-refractivity contribution in [2.45, 2.75) is 38.8 Å². The average Bonchev–Trinajstić information content (AvgIpc) is 3.08. The molecule has 1 fully saturated rings. The van der Waals surface area contributed by atoms with Crippen molar-refractivity contribution < 1.29 is 28.7 Å². The molecule has 10 nitrogen and oxygen atoms in total. The number of fused-ring (bicyclic) bond motifs is 3. The van der Waals surface area contributed by atoms with Gasteiger partial charge in [0.05, 0.1) is 11.3 Å². The molecule has 1 atom stereocenters. The van der Waals surface area contributed by atoms with Crippen LogP contribution < -0.4 is 15.5 Å². The number of nitrogens with one attached hydrogen (secondary N) is 2. The highest BCUT2D eigenvalue weighted by molar-refractivity contribution is 6.15. The van der Waals surface area contributed by atoms with Crippen molar-refractivity contribution in [1.82, 2.24) is 15.5 Å². The van der Waals surface area contributed by atoms with Crippen LogP contribution in [-0.4, -0.2) is 60.0 Å². The number of rotatable bonds is 6. The minimum atomic E-state index is -1.65. The molecule has 160 valence electrons. The maximum absolute atomic E-state index is 13.2. The molecule has 1 aromatic rings. The molecule has 5 amide bonds. The highest BCUT2D eigenvalue weighted by atomic mass is 16.5. The number of benzene rings is 1. The van der Waals surface area contributed by atoms with E-state index in [0.29, 0.717) is 24.2 Å². The summed E-state index contributed by atoms with van der Waals surface area (Å²) in [7, 11) is 0. The first-order valence-electron chi connectivity index (χ1n) is 9.85. The number of imide groups is 1. The standard InChI is InChI=1S/C20H24N4O6/c1-3-11-23-17(27)13-7-5-6-8-14(13)24-16(26)9-10-20(23,24)18(28)30-12-15(25)22-19(29)21-4-2/h5-8H,3-4,9-12H2,1-2H3,(H2,21,22,25,29)/t20-/m1/s1. The van der Waals surface area contributed by atoms with Gasteiger partial charge in [-0.1, -0.05) is 19.1 Å². The third-order valence-electron chi connectivity index (χ3n) is 5.07. The molecule has 0 spiro atoms. The van der Waals surface area contributed by atoms with Crippen molar-refractivity contribution in [3.8, 4) is 0 Å². The van der Waals surface area contributed by atoms with Gasteiger partial charge in [-0.05, 0) is 25.5 Å². The number of amides is 5. The Morgan fingerprint density at radius 2 is 1.90 bits per heavy atom. The molecule has 3 rings (SSSR count). The summed E-state index contributed by atoms with van der Waals surface area (Å²) in [5, 5.41) is 4.43. The third kappa shape index (κ3) is 3.49. The van der Waals surface area contributed by atoms with Gasteiger partial charge in [0.2, 0.25) is 11.6 Å². The molecule has 1 saturated heterocycles. The lowest BCUT2D eigenvalue weighted by Gasteiger charge is -2.48. The highest BCUT2D eigenvalue weighted by Crippen LogP contribution is 2.45. The molecule has 1 aromatic carbocycles. The second-order valence-corrected chi connectivity index (χ2v) is 7.00. The van der Waals surface area contributed by atoms with E-state index in [4.69, 9.17) is 4.74 Å². The number of ether oxygens (including phenoxy) is 1. The van der Waals surface area contributed by atoms with Crippen molar-refractivity contribution in [3.05, 3.63) is 29.8 Å². The van der Waals surface area contributed by atoms with Crippen molar-refractivity contribution in [2.24, 2.45) is 0 Å². The van der Waals surface area contributed by atoms with Gasteiger partial charge in [-0.15, -0.1) is 0 Å². The summed E-state index contributed by atoms with van der Waals surface area (Å²) in [6.07, 6.45) is 0.674. The summed E-state index contributed by atoms with van der Waals surface area (Å²) in [6.45, 7) is 3.39. The third-order valence-corrected chi connectivity index (χ3v) is 5.07. The van der Waals surface area contributed by atoms with Crippen LogP contribution in [0.15, 0.2) is 24.3 Å².